The van der Waals surface area contributed by atoms with Crippen LogP contribution in [0.1, 0.15) is 49.3 Å². The molecule has 11 heavy (non-hydrogen) atoms. The first-order chi connectivity index (χ1) is 5.22. The Bertz CT molecular complexity index is 284. The van der Waals surface area contributed by atoms with Crippen molar-refractivity contribution >= 4 is 0 Å². The molecule has 1 unspecified atom stereocenters. The fraction of sp³-hybridized carbons (Fsp3) is 0.455. The van der Waals surface area contributed by atoms with Gasteiger partial charge in [0.1, 0.15) is 0 Å². The topological polar surface area (TPSA) is 0 Å². The van der Waals surface area contributed by atoms with Crippen LogP contribution in [-0.4, -0.2) is 0 Å². The first-order valence-corrected chi connectivity index (χ1v) is 4.34. The van der Waals surface area contributed by atoms with E-state index in [1.807, 2.05) is 0 Å². The lowest BCUT2D eigenvalue weighted by Crippen LogP contribution is -1.85. The van der Waals surface area contributed by atoms with Gasteiger partial charge in [0.25, 0.3) is 0 Å². The van der Waals surface area contributed by atoms with Gasteiger partial charge in [0.2, 0.25) is 0 Å². The lowest BCUT2D eigenvalue weighted by Gasteiger charge is -2.02. The summed E-state index contributed by atoms with van der Waals surface area (Å²) < 4.78 is 0. The standard InChI is InChI=1S/C11H14/c1-7(2)9-5-4-6-10-8(3)11(9)10/h4-8H,1-3H3. The molecule has 0 nitrogen and oxygen atoms in total. The van der Waals surface area contributed by atoms with Crippen molar-refractivity contribution in [2.45, 2.75) is 32.6 Å². The zero-order valence-corrected chi connectivity index (χ0v) is 7.39. The number of hydrogen-bond donors (Lipinski definition) is 0. The molecule has 0 heterocycles. The van der Waals surface area contributed by atoms with E-state index in [1.54, 1.807) is 16.7 Å². The first-order valence-electron chi connectivity index (χ1n) is 4.34. The molecule has 1 aliphatic rings. The lowest BCUT2D eigenvalue weighted by atomic mass is 10.0. The van der Waals surface area contributed by atoms with Crippen molar-refractivity contribution in [1.82, 2.24) is 0 Å². The van der Waals surface area contributed by atoms with Crippen LogP contribution >= 0.6 is 0 Å². The van der Waals surface area contributed by atoms with Gasteiger partial charge in [-0.05, 0) is 22.6 Å². The van der Waals surface area contributed by atoms with Crippen molar-refractivity contribution in [3.8, 4) is 0 Å². The van der Waals surface area contributed by atoms with E-state index in [2.05, 4.69) is 39.0 Å². The van der Waals surface area contributed by atoms with Crippen LogP contribution in [0.25, 0.3) is 0 Å². The molecule has 0 saturated heterocycles. The van der Waals surface area contributed by atoms with Crippen LogP contribution in [0.15, 0.2) is 18.2 Å². The van der Waals surface area contributed by atoms with Gasteiger partial charge >= 0.3 is 0 Å². The third kappa shape index (κ3) is 0.891. The van der Waals surface area contributed by atoms with E-state index in [0.29, 0.717) is 5.92 Å². The van der Waals surface area contributed by atoms with E-state index in [-0.39, 0.29) is 0 Å². The van der Waals surface area contributed by atoms with Crippen LogP contribution in [0.4, 0.5) is 0 Å². The average molecular weight is 146 g/mol. The molecule has 2 rings (SSSR count). The second kappa shape index (κ2) is 2.10. The average Bonchev–Trinajstić information content (AvgIpc) is 2.63. The Morgan fingerprint density at radius 1 is 1.27 bits per heavy atom. The molecular formula is C11H14. The SMILES string of the molecule is CC(C)c1cccc2c1C2C. The van der Waals surface area contributed by atoms with Crippen LogP contribution in [0.3, 0.4) is 0 Å². The normalized spacial score (nSPS) is 20.2. The van der Waals surface area contributed by atoms with Crippen molar-refractivity contribution in [2.24, 2.45) is 0 Å². The molecule has 0 saturated carbocycles. The van der Waals surface area contributed by atoms with Crippen LogP contribution in [0, 0.1) is 0 Å². The van der Waals surface area contributed by atoms with Gasteiger partial charge in [-0.2, -0.15) is 0 Å². The molecule has 1 aromatic carbocycles. The molecule has 0 spiro atoms. The molecule has 0 N–H and O–H groups in total. The van der Waals surface area contributed by atoms with E-state index >= 15 is 0 Å². The van der Waals surface area contributed by atoms with Crippen molar-refractivity contribution in [3.63, 3.8) is 0 Å². The number of hydrogen-bond acceptors (Lipinski definition) is 0. The molecule has 0 fully saturated rings. The Morgan fingerprint density at radius 2 is 2.00 bits per heavy atom. The van der Waals surface area contributed by atoms with Gasteiger partial charge in [0.05, 0.1) is 0 Å². The minimum atomic E-state index is 0.690. The molecule has 1 aromatic rings. The van der Waals surface area contributed by atoms with Gasteiger partial charge in [-0.3, -0.25) is 0 Å². The number of rotatable bonds is 1. The summed E-state index contributed by atoms with van der Waals surface area (Å²) in [5.41, 5.74) is 4.73. The molecule has 58 valence electrons. The van der Waals surface area contributed by atoms with Crippen LogP contribution in [-0.2, 0) is 0 Å². The second-order valence-electron chi connectivity index (χ2n) is 3.73. The first kappa shape index (κ1) is 6.90. The van der Waals surface area contributed by atoms with E-state index < -0.39 is 0 Å². The summed E-state index contributed by atoms with van der Waals surface area (Å²) in [6.45, 7) is 6.82. The number of benzene rings is 1. The highest BCUT2D eigenvalue weighted by molar-refractivity contribution is 5.57. The summed E-state index contributed by atoms with van der Waals surface area (Å²) >= 11 is 0. The van der Waals surface area contributed by atoms with Gasteiger partial charge < -0.3 is 0 Å². The Hall–Kier alpha value is -0.780. The summed E-state index contributed by atoms with van der Waals surface area (Å²) in [6.07, 6.45) is 0. The van der Waals surface area contributed by atoms with Gasteiger partial charge in [-0.1, -0.05) is 39.0 Å². The maximum atomic E-state index is 2.29. The van der Waals surface area contributed by atoms with Crippen LogP contribution in [0.2, 0.25) is 0 Å². The molecule has 0 aromatic heterocycles. The summed E-state index contributed by atoms with van der Waals surface area (Å²) in [7, 11) is 0. The zero-order chi connectivity index (χ0) is 8.01. The quantitative estimate of drug-likeness (QED) is 0.570. The Morgan fingerprint density at radius 3 is 2.55 bits per heavy atom. The molecule has 0 aliphatic heterocycles. The van der Waals surface area contributed by atoms with Crippen molar-refractivity contribution in [2.75, 3.05) is 0 Å². The molecule has 0 amide bonds. The van der Waals surface area contributed by atoms with Crippen LogP contribution in [0.5, 0.6) is 0 Å². The van der Waals surface area contributed by atoms with E-state index in [1.165, 1.54) is 0 Å². The van der Waals surface area contributed by atoms with E-state index in [9.17, 15) is 0 Å². The third-order valence-corrected chi connectivity index (χ3v) is 2.61. The molecule has 0 heteroatoms. The maximum Gasteiger partial charge on any atom is 0.00698 e. The fourth-order valence-electron chi connectivity index (χ4n) is 1.86. The van der Waals surface area contributed by atoms with Gasteiger partial charge in [-0.25, -0.2) is 0 Å². The third-order valence-electron chi connectivity index (χ3n) is 2.61. The fourth-order valence-corrected chi connectivity index (χ4v) is 1.86. The second-order valence-corrected chi connectivity index (χ2v) is 3.73. The summed E-state index contributed by atoms with van der Waals surface area (Å²) in [5, 5.41) is 0. The van der Waals surface area contributed by atoms with Crippen molar-refractivity contribution in [3.05, 3.63) is 34.9 Å². The predicted octanol–water partition coefficient (Wildman–Crippen LogP) is 3.28. The van der Waals surface area contributed by atoms with Crippen molar-refractivity contribution in [1.29, 1.82) is 0 Å². The van der Waals surface area contributed by atoms with Gasteiger partial charge in [0, 0.05) is 5.92 Å². The lowest BCUT2D eigenvalue weighted by molar-refractivity contribution is 0.859. The van der Waals surface area contributed by atoms with Gasteiger partial charge in [0.15, 0.2) is 0 Å². The minimum Gasteiger partial charge on any atom is -0.0617 e. The molecule has 1 aliphatic carbocycles. The molecule has 0 bridgehead atoms. The maximum absolute atomic E-state index is 2.29. The smallest absolute Gasteiger partial charge is 0.00698 e. The molecule has 0 radical (unpaired) electrons. The molecule has 1 atom stereocenters. The monoisotopic (exact) mass is 146 g/mol. The largest absolute Gasteiger partial charge is 0.0617 e. The van der Waals surface area contributed by atoms with Crippen LogP contribution < -0.4 is 0 Å². The summed E-state index contributed by atoms with van der Waals surface area (Å²) in [6, 6.07) is 6.68. The Balaban J connectivity index is 2.46. The predicted molar refractivity (Wildman–Crippen MR) is 48.0 cm³/mol. The Labute approximate surface area is 68.3 Å². The number of fused-ring (bicyclic) bond motifs is 1. The Kier molecular flexibility index (Phi) is 1.32. The van der Waals surface area contributed by atoms with E-state index in [0.717, 1.165) is 5.92 Å². The summed E-state index contributed by atoms with van der Waals surface area (Å²) in [4.78, 5) is 0. The highest BCUT2D eigenvalue weighted by Crippen LogP contribution is 2.46. The summed E-state index contributed by atoms with van der Waals surface area (Å²) in [5.74, 6) is 1.44. The molecular weight excluding hydrogens is 132 g/mol. The van der Waals surface area contributed by atoms with E-state index in [4.69, 9.17) is 0 Å². The van der Waals surface area contributed by atoms with Crippen molar-refractivity contribution < 1.29 is 0 Å². The highest BCUT2D eigenvalue weighted by atomic mass is 14.3. The van der Waals surface area contributed by atoms with Gasteiger partial charge in [-0.15, -0.1) is 0 Å². The zero-order valence-electron chi connectivity index (χ0n) is 7.39. The highest BCUT2D eigenvalue weighted by Gasteiger charge is 2.30. The minimum absolute atomic E-state index is 0.690.